The number of nitrogens with zero attached hydrogens (tertiary/aromatic N) is 3. The lowest BCUT2D eigenvalue weighted by molar-refractivity contribution is 0.377. The molecule has 0 amide bonds. The second-order valence-corrected chi connectivity index (χ2v) is 4.49. The number of rotatable bonds is 8. The molecule has 0 radical (unpaired) electrons. The van der Waals surface area contributed by atoms with Crippen LogP contribution in [0.4, 0.5) is 5.69 Å². The maximum Gasteiger partial charge on any atom is 0.268 e. The zero-order valence-electron chi connectivity index (χ0n) is 11.4. The molecular weight excluding hydrogens is 230 g/mol. The van der Waals surface area contributed by atoms with Gasteiger partial charge in [-0.15, -0.1) is 0 Å². The maximum atomic E-state index is 11.8. The molecule has 0 aliphatic carbocycles. The minimum absolute atomic E-state index is 0.0526. The van der Waals surface area contributed by atoms with Crippen LogP contribution in [0.5, 0.6) is 0 Å². The molecule has 0 bridgehead atoms. The van der Waals surface area contributed by atoms with E-state index in [1.54, 1.807) is 12.3 Å². The number of hydrogen-bond acceptors (Lipinski definition) is 5. The molecule has 1 aromatic rings. The Balaban J connectivity index is 2.49. The van der Waals surface area contributed by atoms with Gasteiger partial charge in [-0.2, -0.15) is 5.10 Å². The summed E-state index contributed by atoms with van der Waals surface area (Å²) in [5.74, 6) is 0. The zero-order valence-corrected chi connectivity index (χ0v) is 11.4. The third kappa shape index (κ3) is 5.29. The van der Waals surface area contributed by atoms with E-state index < -0.39 is 0 Å². The predicted molar refractivity (Wildman–Crippen MR) is 74.1 cm³/mol. The van der Waals surface area contributed by atoms with E-state index >= 15 is 0 Å². The molecule has 0 unspecified atom stereocenters. The van der Waals surface area contributed by atoms with Gasteiger partial charge < -0.3 is 15.5 Å². The van der Waals surface area contributed by atoms with Crippen molar-refractivity contribution in [1.82, 2.24) is 20.0 Å². The van der Waals surface area contributed by atoms with Gasteiger partial charge >= 0.3 is 0 Å². The van der Waals surface area contributed by atoms with Crippen molar-refractivity contribution in [2.24, 2.45) is 0 Å². The zero-order chi connectivity index (χ0) is 13.4. The first-order chi connectivity index (χ1) is 8.63. The van der Waals surface area contributed by atoms with Gasteiger partial charge in [-0.05, 0) is 34.1 Å². The van der Waals surface area contributed by atoms with Crippen LogP contribution in [0.3, 0.4) is 0 Å². The lowest BCUT2D eigenvalue weighted by atomic mass is 10.4. The Morgan fingerprint density at radius 3 is 2.78 bits per heavy atom. The number of aromatic nitrogens is 2. The fourth-order valence-electron chi connectivity index (χ4n) is 1.57. The highest BCUT2D eigenvalue weighted by Crippen LogP contribution is 1.98. The van der Waals surface area contributed by atoms with E-state index in [1.807, 2.05) is 21.1 Å². The minimum atomic E-state index is -0.0526. The molecule has 0 aromatic carbocycles. The first-order valence-electron chi connectivity index (χ1n) is 6.24. The van der Waals surface area contributed by atoms with Crippen molar-refractivity contribution in [1.29, 1.82) is 0 Å². The van der Waals surface area contributed by atoms with E-state index in [0.29, 0.717) is 6.54 Å². The summed E-state index contributed by atoms with van der Waals surface area (Å²) in [6.07, 6.45) is 2.62. The molecule has 102 valence electrons. The fourth-order valence-corrected chi connectivity index (χ4v) is 1.57. The van der Waals surface area contributed by atoms with Crippen LogP contribution in [0.15, 0.2) is 17.1 Å². The molecule has 1 heterocycles. The van der Waals surface area contributed by atoms with Crippen molar-refractivity contribution in [3.05, 3.63) is 22.6 Å². The Morgan fingerprint density at radius 1 is 1.39 bits per heavy atom. The second kappa shape index (κ2) is 7.84. The van der Waals surface area contributed by atoms with E-state index in [9.17, 15) is 4.79 Å². The number of nitrogens with one attached hydrogen (secondary N) is 2. The highest BCUT2D eigenvalue weighted by atomic mass is 16.1. The summed E-state index contributed by atoms with van der Waals surface area (Å²) < 4.78 is 1.51. The van der Waals surface area contributed by atoms with Gasteiger partial charge in [-0.3, -0.25) is 4.79 Å². The largest absolute Gasteiger partial charge is 0.382 e. The summed E-state index contributed by atoms with van der Waals surface area (Å²) in [7, 11) is 5.93. The number of anilines is 1. The first-order valence-corrected chi connectivity index (χ1v) is 6.24. The normalized spacial score (nSPS) is 10.9. The van der Waals surface area contributed by atoms with E-state index in [0.717, 1.165) is 31.7 Å². The van der Waals surface area contributed by atoms with E-state index in [2.05, 4.69) is 20.6 Å². The summed E-state index contributed by atoms with van der Waals surface area (Å²) in [5.41, 5.74) is 0.724. The Bertz CT molecular complexity index is 402. The average Bonchev–Trinajstić information content (AvgIpc) is 2.32. The molecule has 1 aromatic heterocycles. The Morgan fingerprint density at radius 2 is 2.17 bits per heavy atom. The molecule has 0 spiro atoms. The van der Waals surface area contributed by atoms with Crippen molar-refractivity contribution in [2.45, 2.75) is 13.0 Å². The van der Waals surface area contributed by atoms with Crippen molar-refractivity contribution in [3.8, 4) is 0 Å². The van der Waals surface area contributed by atoms with Crippen molar-refractivity contribution < 1.29 is 0 Å². The van der Waals surface area contributed by atoms with Crippen LogP contribution in [0.1, 0.15) is 6.42 Å². The Kier molecular flexibility index (Phi) is 6.38. The SMILES string of the molecule is CNCCNc1cnn(CCCN(C)C)c(=O)c1. The smallest absolute Gasteiger partial charge is 0.268 e. The van der Waals surface area contributed by atoms with Crippen LogP contribution in [-0.4, -0.2) is 55.5 Å². The quantitative estimate of drug-likeness (QED) is 0.630. The Labute approximate surface area is 108 Å². The second-order valence-electron chi connectivity index (χ2n) is 4.49. The molecule has 0 fully saturated rings. The van der Waals surface area contributed by atoms with Gasteiger partial charge in [0, 0.05) is 25.7 Å². The number of hydrogen-bond donors (Lipinski definition) is 2. The molecule has 0 aliphatic rings. The molecule has 6 heteroatoms. The molecule has 1 rings (SSSR count). The third-order valence-corrected chi connectivity index (χ3v) is 2.55. The van der Waals surface area contributed by atoms with Crippen LogP contribution in [0, 0.1) is 0 Å². The minimum Gasteiger partial charge on any atom is -0.382 e. The van der Waals surface area contributed by atoms with Gasteiger partial charge in [-0.1, -0.05) is 0 Å². The van der Waals surface area contributed by atoms with Gasteiger partial charge in [0.2, 0.25) is 0 Å². The van der Waals surface area contributed by atoms with Crippen LogP contribution in [0.2, 0.25) is 0 Å². The number of aryl methyl sites for hydroxylation is 1. The molecule has 0 aliphatic heterocycles. The molecule has 0 atom stereocenters. The highest BCUT2D eigenvalue weighted by Gasteiger charge is 2.00. The van der Waals surface area contributed by atoms with E-state index in [4.69, 9.17) is 0 Å². The molecule has 2 N–H and O–H groups in total. The van der Waals surface area contributed by atoms with Gasteiger partial charge in [0.15, 0.2) is 0 Å². The van der Waals surface area contributed by atoms with Gasteiger partial charge in [0.25, 0.3) is 5.56 Å². The fraction of sp³-hybridized carbons (Fsp3) is 0.667. The summed E-state index contributed by atoms with van der Waals surface area (Å²) in [4.78, 5) is 13.9. The van der Waals surface area contributed by atoms with Crippen LogP contribution >= 0.6 is 0 Å². The predicted octanol–water partition coefficient (Wildman–Crippen LogP) is -0.174. The summed E-state index contributed by atoms with van der Waals surface area (Å²) in [6, 6.07) is 1.60. The van der Waals surface area contributed by atoms with Crippen molar-refractivity contribution >= 4 is 5.69 Å². The lowest BCUT2D eigenvalue weighted by Gasteiger charge is -2.10. The van der Waals surface area contributed by atoms with Crippen LogP contribution in [0.25, 0.3) is 0 Å². The molecule has 6 nitrogen and oxygen atoms in total. The number of likely N-dealkylation sites (N-methyl/N-ethyl adjacent to an activating group) is 1. The maximum absolute atomic E-state index is 11.8. The standard InChI is InChI=1S/C12H23N5O/c1-13-5-6-14-11-9-12(18)17(15-10-11)8-4-7-16(2)3/h9-10,13-14H,4-8H2,1-3H3. The highest BCUT2D eigenvalue weighted by molar-refractivity contribution is 5.38. The molecule has 18 heavy (non-hydrogen) atoms. The van der Waals surface area contributed by atoms with Crippen LogP contribution < -0.4 is 16.2 Å². The third-order valence-electron chi connectivity index (χ3n) is 2.55. The van der Waals surface area contributed by atoms with Crippen LogP contribution in [-0.2, 0) is 6.54 Å². The molecule has 0 saturated heterocycles. The van der Waals surface area contributed by atoms with Crippen molar-refractivity contribution in [3.63, 3.8) is 0 Å². The average molecular weight is 253 g/mol. The lowest BCUT2D eigenvalue weighted by Crippen LogP contribution is -2.25. The first kappa shape index (κ1) is 14.7. The van der Waals surface area contributed by atoms with Gasteiger partial charge in [0.05, 0.1) is 11.9 Å². The molecular formula is C12H23N5O. The van der Waals surface area contributed by atoms with Gasteiger partial charge in [-0.25, -0.2) is 4.68 Å². The summed E-state index contributed by atoms with van der Waals surface area (Å²) in [6.45, 7) is 3.25. The summed E-state index contributed by atoms with van der Waals surface area (Å²) in [5, 5.41) is 10.3. The van der Waals surface area contributed by atoms with E-state index in [1.165, 1.54) is 4.68 Å². The topological polar surface area (TPSA) is 62.2 Å². The van der Waals surface area contributed by atoms with Gasteiger partial charge in [0.1, 0.15) is 0 Å². The molecule has 0 saturated carbocycles. The monoisotopic (exact) mass is 253 g/mol. The summed E-state index contributed by atoms with van der Waals surface area (Å²) >= 11 is 0. The van der Waals surface area contributed by atoms with Crippen molar-refractivity contribution in [2.75, 3.05) is 46.1 Å². The Hall–Kier alpha value is -1.40. The van der Waals surface area contributed by atoms with E-state index in [-0.39, 0.29) is 5.56 Å².